The Morgan fingerprint density at radius 3 is 2.56 bits per heavy atom. The highest BCUT2D eigenvalue weighted by Crippen LogP contribution is 2.35. The summed E-state index contributed by atoms with van der Waals surface area (Å²) in [6.07, 6.45) is 1.26. The molecule has 1 aliphatic heterocycles. The van der Waals surface area contributed by atoms with E-state index in [1.807, 2.05) is 47.9 Å². The SMILES string of the molecule is CCOC(=O)Cn1c(C)c(Cc2ccccc2-c2ccccc2OC)c2c1CCNC2=O. The zero-order valence-corrected chi connectivity index (χ0v) is 18.7. The van der Waals surface area contributed by atoms with Crippen LogP contribution >= 0.6 is 0 Å². The quantitative estimate of drug-likeness (QED) is 0.575. The minimum absolute atomic E-state index is 0.0817. The van der Waals surface area contributed by atoms with Gasteiger partial charge in [-0.3, -0.25) is 9.59 Å². The first kappa shape index (κ1) is 21.7. The van der Waals surface area contributed by atoms with Crippen LogP contribution < -0.4 is 10.1 Å². The molecule has 0 saturated carbocycles. The van der Waals surface area contributed by atoms with Crippen LogP contribution in [0.4, 0.5) is 0 Å². The molecule has 2 heterocycles. The molecular weight excluding hydrogens is 404 g/mol. The van der Waals surface area contributed by atoms with Crippen molar-refractivity contribution in [2.45, 2.75) is 33.2 Å². The van der Waals surface area contributed by atoms with E-state index in [1.165, 1.54) is 0 Å². The highest BCUT2D eigenvalue weighted by Gasteiger charge is 2.29. The summed E-state index contributed by atoms with van der Waals surface area (Å²) < 4.78 is 12.7. The van der Waals surface area contributed by atoms with Crippen molar-refractivity contribution in [3.63, 3.8) is 0 Å². The number of benzene rings is 2. The molecule has 0 fully saturated rings. The lowest BCUT2D eigenvalue weighted by molar-refractivity contribution is -0.143. The molecule has 0 atom stereocenters. The van der Waals surface area contributed by atoms with Crippen LogP contribution in [0.1, 0.15) is 39.8 Å². The number of methoxy groups -OCH3 is 1. The first-order valence-electron chi connectivity index (χ1n) is 10.9. The maximum Gasteiger partial charge on any atom is 0.325 e. The van der Waals surface area contributed by atoms with Crippen LogP contribution in [-0.2, 0) is 28.9 Å². The van der Waals surface area contributed by atoms with E-state index in [2.05, 4.69) is 17.4 Å². The minimum Gasteiger partial charge on any atom is -0.496 e. The van der Waals surface area contributed by atoms with Crippen LogP contribution in [0, 0.1) is 6.92 Å². The third-order valence-corrected chi connectivity index (χ3v) is 6.01. The van der Waals surface area contributed by atoms with E-state index in [4.69, 9.17) is 9.47 Å². The molecule has 2 aromatic carbocycles. The maximum atomic E-state index is 12.9. The second-order valence-corrected chi connectivity index (χ2v) is 7.82. The van der Waals surface area contributed by atoms with Gasteiger partial charge >= 0.3 is 5.97 Å². The molecule has 4 rings (SSSR count). The van der Waals surface area contributed by atoms with Crippen LogP contribution in [-0.4, -0.2) is 36.7 Å². The summed E-state index contributed by atoms with van der Waals surface area (Å²) in [5, 5.41) is 2.96. The summed E-state index contributed by atoms with van der Waals surface area (Å²) in [5.41, 5.74) is 6.63. The number of ether oxygens (including phenoxy) is 2. The lowest BCUT2D eigenvalue weighted by atomic mass is 9.92. The van der Waals surface area contributed by atoms with Gasteiger partial charge in [0, 0.05) is 36.3 Å². The summed E-state index contributed by atoms with van der Waals surface area (Å²) in [5.74, 6) is 0.429. The van der Waals surface area contributed by atoms with E-state index < -0.39 is 0 Å². The first-order chi connectivity index (χ1) is 15.5. The Morgan fingerprint density at radius 1 is 1.09 bits per heavy atom. The Hall–Kier alpha value is -3.54. The lowest BCUT2D eigenvalue weighted by Crippen LogP contribution is -2.33. The van der Waals surface area contributed by atoms with E-state index in [1.54, 1.807) is 14.0 Å². The molecule has 0 saturated heterocycles. The van der Waals surface area contributed by atoms with Crippen molar-refractivity contribution in [1.82, 2.24) is 9.88 Å². The Kier molecular flexibility index (Phi) is 6.30. The van der Waals surface area contributed by atoms with Gasteiger partial charge in [0.1, 0.15) is 12.3 Å². The molecule has 32 heavy (non-hydrogen) atoms. The zero-order valence-electron chi connectivity index (χ0n) is 18.7. The van der Waals surface area contributed by atoms with Crippen molar-refractivity contribution in [3.8, 4) is 16.9 Å². The summed E-state index contributed by atoms with van der Waals surface area (Å²) in [4.78, 5) is 25.1. The highest BCUT2D eigenvalue weighted by atomic mass is 16.5. The topological polar surface area (TPSA) is 69.6 Å². The number of nitrogens with one attached hydrogen (secondary N) is 1. The molecule has 0 radical (unpaired) electrons. The third kappa shape index (κ3) is 4.00. The molecular formula is C26H28N2O4. The minimum atomic E-state index is -0.291. The van der Waals surface area contributed by atoms with Gasteiger partial charge in [-0.25, -0.2) is 0 Å². The molecule has 1 aromatic heterocycles. The molecule has 0 spiro atoms. The van der Waals surface area contributed by atoms with Crippen molar-refractivity contribution in [1.29, 1.82) is 0 Å². The Labute approximate surface area is 188 Å². The monoisotopic (exact) mass is 432 g/mol. The van der Waals surface area contributed by atoms with Crippen LogP contribution in [0.2, 0.25) is 0 Å². The van der Waals surface area contributed by atoms with Crippen LogP contribution in [0.15, 0.2) is 48.5 Å². The Morgan fingerprint density at radius 2 is 1.81 bits per heavy atom. The highest BCUT2D eigenvalue weighted by molar-refractivity contribution is 5.98. The molecule has 0 bridgehead atoms. The van der Waals surface area contributed by atoms with Gasteiger partial charge in [0.2, 0.25) is 0 Å². The molecule has 3 aromatic rings. The summed E-state index contributed by atoms with van der Waals surface area (Å²) in [6, 6.07) is 16.1. The van der Waals surface area contributed by atoms with Gasteiger partial charge in [0.15, 0.2) is 0 Å². The van der Waals surface area contributed by atoms with E-state index in [-0.39, 0.29) is 18.4 Å². The second-order valence-electron chi connectivity index (χ2n) is 7.82. The summed E-state index contributed by atoms with van der Waals surface area (Å²) in [7, 11) is 1.67. The van der Waals surface area contributed by atoms with E-state index in [0.717, 1.165) is 39.4 Å². The van der Waals surface area contributed by atoms with Gasteiger partial charge in [0.25, 0.3) is 5.91 Å². The number of carbonyl (C=O) groups excluding carboxylic acids is 2. The standard InChI is InChI=1S/C26H28N2O4/c1-4-32-24(29)16-28-17(2)21(25-22(28)13-14-27-26(25)30)15-18-9-5-6-10-19(18)20-11-7-8-12-23(20)31-3/h5-12H,4,13-16H2,1-3H3,(H,27,30). The van der Waals surface area contributed by atoms with Crippen LogP contribution in [0.3, 0.4) is 0 Å². The molecule has 1 aliphatic rings. The van der Waals surface area contributed by atoms with Crippen LogP contribution in [0.25, 0.3) is 11.1 Å². The number of hydrogen-bond acceptors (Lipinski definition) is 4. The lowest BCUT2D eigenvalue weighted by Gasteiger charge is -2.17. The largest absolute Gasteiger partial charge is 0.496 e. The number of amides is 1. The van der Waals surface area contributed by atoms with Gasteiger partial charge in [0.05, 0.1) is 19.3 Å². The first-order valence-corrected chi connectivity index (χ1v) is 10.9. The number of rotatable bonds is 7. The zero-order chi connectivity index (χ0) is 22.7. The Bertz CT molecular complexity index is 1160. The number of nitrogens with zero attached hydrogens (tertiary/aromatic N) is 1. The summed E-state index contributed by atoms with van der Waals surface area (Å²) >= 11 is 0. The van der Waals surface area contributed by atoms with Crippen molar-refractivity contribution in [3.05, 3.63) is 76.6 Å². The van der Waals surface area contributed by atoms with E-state index >= 15 is 0 Å². The second kappa shape index (κ2) is 9.30. The Balaban J connectivity index is 1.80. The van der Waals surface area contributed by atoms with Crippen molar-refractivity contribution >= 4 is 11.9 Å². The van der Waals surface area contributed by atoms with Gasteiger partial charge < -0.3 is 19.4 Å². The van der Waals surface area contributed by atoms with Crippen molar-refractivity contribution in [2.24, 2.45) is 0 Å². The average Bonchev–Trinajstić information content (AvgIpc) is 3.06. The smallest absolute Gasteiger partial charge is 0.325 e. The number of para-hydroxylation sites is 1. The van der Waals surface area contributed by atoms with Gasteiger partial charge in [-0.15, -0.1) is 0 Å². The molecule has 0 unspecified atom stereocenters. The molecule has 0 aliphatic carbocycles. The average molecular weight is 433 g/mol. The molecule has 1 N–H and O–H groups in total. The van der Waals surface area contributed by atoms with Crippen molar-refractivity contribution < 1.29 is 19.1 Å². The molecule has 166 valence electrons. The number of esters is 1. The van der Waals surface area contributed by atoms with E-state index in [0.29, 0.717) is 31.6 Å². The maximum absolute atomic E-state index is 12.9. The molecule has 6 heteroatoms. The predicted molar refractivity (Wildman–Crippen MR) is 123 cm³/mol. The third-order valence-electron chi connectivity index (χ3n) is 6.01. The van der Waals surface area contributed by atoms with Gasteiger partial charge in [-0.1, -0.05) is 42.5 Å². The van der Waals surface area contributed by atoms with Crippen LogP contribution in [0.5, 0.6) is 5.75 Å². The number of carbonyl (C=O) groups is 2. The fourth-order valence-corrected chi connectivity index (χ4v) is 4.53. The van der Waals surface area contributed by atoms with Gasteiger partial charge in [-0.2, -0.15) is 0 Å². The fraction of sp³-hybridized carbons (Fsp3) is 0.308. The number of fused-ring (bicyclic) bond motifs is 1. The number of aromatic nitrogens is 1. The number of hydrogen-bond donors (Lipinski definition) is 1. The van der Waals surface area contributed by atoms with Crippen molar-refractivity contribution in [2.75, 3.05) is 20.3 Å². The molecule has 6 nitrogen and oxygen atoms in total. The normalized spacial score (nSPS) is 12.8. The fourth-order valence-electron chi connectivity index (χ4n) is 4.53. The summed E-state index contributed by atoms with van der Waals surface area (Å²) in [6.45, 7) is 4.79. The predicted octanol–water partition coefficient (Wildman–Crippen LogP) is 3.91. The van der Waals surface area contributed by atoms with Gasteiger partial charge in [-0.05, 0) is 36.6 Å². The van der Waals surface area contributed by atoms with E-state index in [9.17, 15) is 9.59 Å². The molecule has 1 amide bonds.